The third kappa shape index (κ3) is 3.64. The number of hydrogen-bond acceptors (Lipinski definition) is 6. The zero-order chi connectivity index (χ0) is 19.7. The van der Waals surface area contributed by atoms with Crippen molar-refractivity contribution in [1.82, 2.24) is 4.72 Å². The molecule has 3 aromatic rings. The van der Waals surface area contributed by atoms with Gasteiger partial charge in [0.25, 0.3) is 0 Å². The van der Waals surface area contributed by atoms with Crippen LogP contribution in [0.3, 0.4) is 0 Å². The van der Waals surface area contributed by atoms with E-state index in [4.69, 9.17) is 13.6 Å². The van der Waals surface area contributed by atoms with E-state index in [2.05, 4.69) is 4.72 Å². The molecule has 0 saturated heterocycles. The third-order valence-electron chi connectivity index (χ3n) is 4.52. The monoisotopic (exact) mass is 391 g/mol. The van der Waals surface area contributed by atoms with Crippen molar-refractivity contribution >= 4 is 10.0 Å². The smallest absolute Gasteiger partial charge is 0.244 e. The predicted octanol–water partition coefficient (Wildman–Crippen LogP) is 2.71. The number of benzene rings is 1. The molecule has 144 valence electrons. The fourth-order valence-corrected chi connectivity index (χ4v) is 4.05. The number of aryl methyl sites for hydroxylation is 2. The average Bonchev–Trinajstić information content (AvgIpc) is 3.35. The number of hydrogen-bond donors (Lipinski definition) is 2. The minimum atomic E-state index is -3.96. The van der Waals surface area contributed by atoms with Crippen LogP contribution in [-0.2, 0) is 15.6 Å². The molecule has 8 heteroatoms. The summed E-state index contributed by atoms with van der Waals surface area (Å²) in [4.78, 5) is 0.00193. The molecular formula is C19H21NO6S. The molecule has 27 heavy (non-hydrogen) atoms. The first kappa shape index (κ1) is 19.2. The second kappa shape index (κ2) is 7.22. The molecule has 7 nitrogen and oxygen atoms in total. The molecule has 0 aliphatic heterocycles. The van der Waals surface area contributed by atoms with Crippen molar-refractivity contribution in [2.75, 3.05) is 13.7 Å². The number of rotatable bonds is 7. The lowest BCUT2D eigenvalue weighted by molar-refractivity contribution is 0.0613. The first-order chi connectivity index (χ1) is 12.8. The highest BCUT2D eigenvalue weighted by molar-refractivity contribution is 7.89. The molecule has 0 aliphatic carbocycles. The van der Waals surface area contributed by atoms with Crippen LogP contribution in [0, 0.1) is 13.8 Å². The Morgan fingerprint density at radius 2 is 1.93 bits per heavy atom. The maximum Gasteiger partial charge on any atom is 0.244 e. The number of furan rings is 2. The molecule has 3 rings (SSSR count). The highest BCUT2D eigenvalue weighted by Gasteiger charge is 2.37. The summed E-state index contributed by atoms with van der Waals surface area (Å²) in [5.74, 6) is 0.425. The highest BCUT2D eigenvalue weighted by Crippen LogP contribution is 2.32. The van der Waals surface area contributed by atoms with Crippen molar-refractivity contribution < 1.29 is 27.1 Å². The van der Waals surface area contributed by atoms with Crippen molar-refractivity contribution in [3.8, 4) is 5.75 Å². The number of nitrogens with one attached hydrogen (secondary N) is 1. The van der Waals surface area contributed by atoms with Crippen LogP contribution in [0.4, 0.5) is 0 Å². The van der Waals surface area contributed by atoms with Gasteiger partial charge in [0.2, 0.25) is 10.0 Å². The van der Waals surface area contributed by atoms with Crippen molar-refractivity contribution in [3.63, 3.8) is 0 Å². The molecule has 0 saturated carbocycles. The molecule has 0 radical (unpaired) electrons. The van der Waals surface area contributed by atoms with E-state index in [9.17, 15) is 13.5 Å². The van der Waals surface area contributed by atoms with Crippen LogP contribution >= 0.6 is 0 Å². The van der Waals surface area contributed by atoms with Gasteiger partial charge in [0.05, 0.1) is 32.4 Å². The summed E-state index contributed by atoms with van der Waals surface area (Å²) >= 11 is 0. The Balaban J connectivity index is 1.95. The molecule has 2 heterocycles. The molecule has 0 fully saturated rings. The van der Waals surface area contributed by atoms with Crippen molar-refractivity contribution in [3.05, 3.63) is 71.6 Å². The average molecular weight is 391 g/mol. The normalized spacial score (nSPS) is 14.1. The minimum Gasteiger partial charge on any atom is -0.495 e. The van der Waals surface area contributed by atoms with E-state index < -0.39 is 15.6 Å². The standard InChI is InChI=1S/C19H21NO6S/c1-13-9-16(24-3)17(10-14(13)2)27(22,23)20-12-19(21,15-6-8-25-11-15)18-5-4-7-26-18/h4-11,20-21H,12H2,1-3H3/t19-/m1/s1. The Kier molecular flexibility index (Phi) is 5.14. The van der Waals surface area contributed by atoms with Crippen LogP contribution in [0.2, 0.25) is 0 Å². The van der Waals surface area contributed by atoms with Gasteiger partial charge >= 0.3 is 0 Å². The SMILES string of the molecule is COc1cc(C)c(C)cc1S(=O)(=O)NC[C@@](O)(c1ccoc1)c1ccco1. The van der Waals surface area contributed by atoms with Gasteiger partial charge in [-0.15, -0.1) is 0 Å². The zero-order valence-corrected chi connectivity index (χ0v) is 16.0. The van der Waals surface area contributed by atoms with Crippen LogP contribution in [0.25, 0.3) is 0 Å². The molecule has 0 bridgehead atoms. The van der Waals surface area contributed by atoms with E-state index in [1.807, 2.05) is 13.8 Å². The molecule has 0 aliphatic rings. The molecule has 2 aromatic heterocycles. The Morgan fingerprint density at radius 3 is 2.52 bits per heavy atom. The fourth-order valence-electron chi connectivity index (χ4n) is 2.76. The number of aliphatic hydroxyl groups is 1. The van der Waals surface area contributed by atoms with Gasteiger partial charge in [0.15, 0.2) is 5.60 Å². The van der Waals surface area contributed by atoms with E-state index in [-0.39, 0.29) is 22.9 Å². The van der Waals surface area contributed by atoms with Gasteiger partial charge in [-0.1, -0.05) is 0 Å². The van der Waals surface area contributed by atoms with Crippen LogP contribution in [0.5, 0.6) is 5.75 Å². The lowest BCUT2D eigenvalue weighted by Crippen LogP contribution is -2.41. The van der Waals surface area contributed by atoms with E-state index >= 15 is 0 Å². The van der Waals surface area contributed by atoms with Gasteiger partial charge in [-0.2, -0.15) is 0 Å². The predicted molar refractivity (Wildman–Crippen MR) is 98.1 cm³/mol. The van der Waals surface area contributed by atoms with E-state index in [1.165, 1.54) is 25.9 Å². The molecule has 0 spiro atoms. The lowest BCUT2D eigenvalue weighted by Gasteiger charge is -2.25. The fraction of sp³-hybridized carbons (Fsp3) is 0.263. The summed E-state index contributed by atoms with van der Waals surface area (Å²) in [6.45, 7) is 3.34. The topological polar surface area (TPSA) is 102 Å². The summed E-state index contributed by atoms with van der Waals surface area (Å²) in [5.41, 5.74) is 0.368. The summed E-state index contributed by atoms with van der Waals surface area (Å²) in [6, 6.07) is 7.94. The molecule has 1 aromatic carbocycles. The summed E-state index contributed by atoms with van der Waals surface area (Å²) in [5, 5.41) is 11.2. The quantitative estimate of drug-likeness (QED) is 0.642. The molecular weight excluding hydrogens is 370 g/mol. The Morgan fingerprint density at radius 1 is 1.19 bits per heavy atom. The van der Waals surface area contributed by atoms with Crippen LogP contribution < -0.4 is 9.46 Å². The molecule has 1 atom stereocenters. The second-order valence-corrected chi connectivity index (χ2v) is 8.00. The summed E-state index contributed by atoms with van der Waals surface area (Å²) in [6.07, 6.45) is 4.14. The van der Waals surface area contributed by atoms with Crippen molar-refractivity contribution in [2.45, 2.75) is 24.3 Å². The van der Waals surface area contributed by atoms with Crippen LogP contribution in [0.15, 0.2) is 62.9 Å². The molecule has 0 unspecified atom stereocenters. The maximum atomic E-state index is 12.9. The van der Waals surface area contributed by atoms with Gasteiger partial charge < -0.3 is 18.7 Å². The maximum absolute atomic E-state index is 12.9. The lowest BCUT2D eigenvalue weighted by atomic mass is 9.94. The number of methoxy groups -OCH3 is 1. The van der Waals surface area contributed by atoms with E-state index in [0.29, 0.717) is 5.56 Å². The highest BCUT2D eigenvalue weighted by atomic mass is 32.2. The van der Waals surface area contributed by atoms with Crippen LogP contribution in [-0.4, -0.2) is 27.2 Å². The largest absolute Gasteiger partial charge is 0.495 e. The number of sulfonamides is 1. The van der Waals surface area contributed by atoms with Gasteiger partial charge in [0.1, 0.15) is 16.4 Å². The first-order valence-corrected chi connectivity index (χ1v) is 9.70. The van der Waals surface area contributed by atoms with E-state index in [0.717, 1.165) is 11.1 Å². The Bertz CT molecular complexity index is 973. The third-order valence-corrected chi connectivity index (χ3v) is 5.94. The van der Waals surface area contributed by atoms with Gasteiger partial charge in [-0.25, -0.2) is 13.1 Å². The Hall–Kier alpha value is -2.55. The zero-order valence-electron chi connectivity index (χ0n) is 15.2. The van der Waals surface area contributed by atoms with Crippen LogP contribution in [0.1, 0.15) is 22.5 Å². The molecule has 0 amide bonds. The summed E-state index contributed by atoms with van der Waals surface area (Å²) in [7, 11) is -2.55. The summed E-state index contributed by atoms with van der Waals surface area (Å²) < 4.78 is 43.9. The first-order valence-electron chi connectivity index (χ1n) is 8.22. The van der Waals surface area contributed by atoms with Gasteiger partial charge in [-0.3, -0.25) is 0 Å². The van der Waals surface area contributed by atoms with E-state index in [1.54, 1.807) is 30.3 Å². The number of ether oxygens (including phenoxy) is 1. The molecule has 2 N–H and O–H groups in total. The second-order valence-electron chi connectivity index (χ2n) is 6.26. The minimum absolute atomic E-state index is 0.00193. The van der Waals surface area contributed by atoms with Crippen molar-refractivity contribution in [2.24, 2.45) is 0 Å². The van der Waals surface area contributed by atoms with Crippen molar-refractivity contribution in [1.29, 1.82) is 0 Å². The van der Waals surface area contributed by atoms with Gasteiger partial charge in [-0.05, 0) is 55.3 Å². The Labute approximate surface area is 157 Å². The van der Waals surface area contributed by atoms with Gasteiger partial charge in [0, 0.05) is 5.56 Å².